The summed E-state index contributed by atoms with van der Waals surface area (Å²) in [6.45, 7) is 0. The molecular formula is C6H7ClN2O2. The fourth-order valence-electron chi connectivity index (χ4n) is 0.496. The number of aromatic nitrogens is 2. The van der Waals surface area contributed by atoms with Gasteiger partial charge in [0.05, 0.1) is 7.11 Å². The molecule has 0 saturated heterocycles. The molecule has 0 amide bonds. The Morgan fingerprint density at radius 3 is 2.45 bits per heavy atom. The summed E-state index contributed by atoms with van der Waals surface area (Å²) in [5.41, 5.74) is 0. The van der Waals surface area contributed by atoms with Crippen LogP contribution in [0.2, 0.25) is 0 Å². The number of hydrogen-bond acceptors (Lipinski definition) is 4. The first-order valence-corrected chi connectivity index (χ1v) is 2.70. The van der Waals surface area contributed by atoms with Crippen LogP contribution in [0.3, 0.4) is 0 Å². The number of carbonyl (C=O) groups excluding carboxylic acids is 1. The van der Waals surface area contributed by atoms with Crippen molar-refractivity contribution in [2.45, 2.75) is 0 Å². The largest absolute Gasteiger partial charge is 0.463 e. The van der Waals surface area contributed by atoms with Gasteiger partial charge in [-0.05, 0) is 6.07 Å². The van der Waals surface area contributed by atoms with Crippen LogP contribution < -0.4 is 0 Å². The molecule has 0 saturated carbocycles. The van der Waals surface area contributed by atoms with E-state index in [1.807, 2.05) is 0 Å². The molecule has 4 nitrogen and oxygen atoms in total. The minimum atomic E-state index is -0.513. The average Bonchev–Trinajstić information content (AvgIpc) is 2.05. The second-order valence-electron chi connectivity index (χ2n) is 1.56. The number of hydrogen-bond donors (Lipinski definition) is 0. The Bertz CT molecular complexity index is 227. The molecule has 0 radical (unpaired) electrons. The molecule has 0 unspecified atom stereocenters. The first-order valence-electron chi connectivity index (χ1n) is 2.70. The molecule has 11 heavy (non-hydrogen) atoms. The summed E-state index contributed by atoms with van der Waals surface area (Å²) in [7, 11) is 1.29. The van der Waals surface area contributed by atoms with Gasteiger partial charge in [0.2, 0.25) is 5.82 Å². The molecule has 0 fully saturated rings. The van der Waals surface area contributed by atoms with Crippen molar-refractivity contribution in [3.05, 3.63) is 24.3 Å². The molecule has 0 N–H and O–H groups in total. The maximum absolute atomic E-state index is 10.7. The van der Waals surface area contributed by atoms with Crippen LogP contribution in [0.15, 0.2) is 18.5 Å². The van der Waals surface area contributed by atoms with Crippen LogP contribution in [0.4, 0.5) is 0 Å². The van der Waals surface area contributed by atoms with Gasteiger partial charge >= 0.3 is 5.97 Å². The Balaban J connectivity index is 0.000001000. The molecule has 0 bridgehead atoms. The third-order valence-electron chi connectivity index (χ3n) is 0.934. The van der Waals surface area contributed by atoms with Crippen LogP contribution in [-0.4, -0.2) is 23.0 Å². The van der Waals surface area contributed by atoms with Gasteiger partial charge in [0.1, 0.15) is 0 Å². The Morgan fingerprint density at radius 2 is 2.00 bits per heavy atom. The quantitative estimate of drug-likeness (QED) is 0.588. The lowest BCUT2D eigenvalue weighted by atomic mass is 10.6. The number of carbonyl (C=O) groups is 1. The fraction of sp³-hybridized carbons (Fsp3) is 0.167. The van der Waals surface area contributed by atoms with E-state index >= 15 is 0 Å². The van der Waals surface area contributed by atoms with E-state index in [4.69, 9.17) is 0 Å². The van der Waals surface area contributed by atoms with Crippen molar-refractivity contribution in [2.75, 3.05) is 7.11 Å². The Labute approximate surface area is 70.0 Å². The van der Waals surface area contributed by atoms with Gasteiger partial charge in [-0.1, -0.05) is 0 Å². The summed E-state index contributed by atoms with van der Waals surface area (Å²) >= 11 is 0. The SMILES string of the molecule is COC(=O)c1ncccn1.Cl. The number of esters is 1. The lowest BCUT2D eigenvalue weighted by Gasteiger charge is -1.93. The van der Waals surface area contributed by atoms with Gasteiger partial charge in [0.25, 0.3) is 0 Å². The summed E-state index contributed by atoms with van der Waals surface area (Å²) in [4.78, 5) is 18.0. The number of halogens is 1. The summed E-state index contributed by atoms with van der Waals surface area (Å²) < 4.78 is 4.37. The van der Waals surface area contributed by atoms with Gasteiger partial charge in [0, 0.05) is 12.4 Å². The number of nitrogens with zero attached hydrogens (tertiary/aromatic N) is 2. The van der Waals surface area contributed by atoms with Gasteiger partial charge in [0.15, 0.2) is 0 Å². The maximum atomic E-state index is 10.7. The lowest BCUT2D eigenvalue weighted by Crippen LogP contribution is -2.05. The highest BCUT2D eigenvalue weighted by Crippen LogP contribution is 1.88. The highest BCUT2D eigenvalue weighted by molar-refractivity contribution is 5.85. The van der Waals surface area contributed by atoms with E-state index in [1.165, 1.54) is 19.5 Å². The summed E-state index contributed by atoms with van der Waals surface area (Å²) in [5, 5.41) is 0. The summed E-state index contributed by atoms with van der Waals surface area (Å²) in [6.07, 6.45) is 2.97. The minimum Gasteiger partial charge on any atom is -0.463 e. The molecule has 0 atom stereocenters. The minimum absolute atomic E-state index is 0. The molecule has 0 aromatic carbocycles. The molecule has 1 heterocycles. The second-order valence-corrected chi connectivity index (χ2v) is 1.56. The van der Waals surface area contributed by atoms with Crippen LogP contribution >= 0.6 is 12.4 Å². The predicted molar refractivity (Wildman–Crippen MR) is 40.6 cm³/mol. The van der Waals surface area contributed by atoms with Crippen LogP contribution in [-0.2, 0) is 4.74 Å². The molecule has 1 aromatic heterocycles. The van der Waals surface area contributed by atoms with Crippen molar-refractivity contribution >= 4 is 18.4 Å². The van der Waals surface area contributed by atoms with Crippen LogP contribution in [0.25, 0.3) is 0 Å². The first-order chi connectivity index (χ1) is 4.84. The molecule has 1 rings (SSSR count). The molecule has 0 aliphatic carbocycles. The Morgan fingerprint density at radius 1 is 1.45 bits per heavy atom. The normalized spacial score (nSPS) is 8.09. The van der Waals surface area contributed by atoms with Crippen molar-refractivity contribution in [1.29, 1.82) is 0 Å². The predicted octanol–water partition coefficient (Wildman–Crippen LogP) is 0.685. The van der Waals surface area contributed by atoms with Crippen molar-refractivity contribution in [2.24, 2.45) is 0 Å². The number of methoxy groups -OCH3 is 1. The standard InChI is InChI=1S/C6H6N2O2.ClH/c1-10-6(9)5-7-3-2-4-8-5;/h2-4H,1H3;1H. The first kappa shape index (κ1) is 9.84. The lowest BCUT2D eigenvalue weighted by molar-refractivity contribution is 0.0586. The topological polar surface area (TPSA) is 52.1 Å². The average molecular weight is 175 g/mol. The molecule has 1 aromatic rings. The van der Waals surface area contributed by atoms with E-state index in [9.17, 15) is 4.79 Å². The monoisotopic (exact) mass is 174 g/mol. The summed E-state index contributed by atoms with van der Waals surface area (Å²) in [6, 6.07) is 1.63. The van der Waals surface area contributed by atoms with E-state index in [0.29, 0.717) is 0 Å². The zero-order valence-corrected chi connectivity index (χ0v) is 6.67. The van der Waals surface area contributed by atoms with Gasteiger partial charge < -0.3 is 4.74 Å². The molecule has 5 heteroatoms. The van der Waals surface area contributed by atoms with Crippen molar-refractivity contribution < 1.29 is 9.53 Å². The van der Waals surface area contributed by atoms with Crippen molar-refractivity contribution in [3.63, 3.8) is 0 Å². The van der Waals surface area contributed by atoms with E-state index < -0.39 is 5.97 Å². The third kappa shape index (κ3) is 2.51. The molecule has 0 spiro atoms. The smallest absolute Gasteiger partial charge is 0.376 e. The van der Waals surface area contributed by atoms with E-state index in [-0.39, 0.29) is 18.2 Å². The van der Waals surface area contributed by atoms with Crippen LogP contribution in [0.1, 0.15) is 10.6 Å². The zero-order chi connectivity index (χ0) is 7.40. The van der Waals surface area contributed by atoms with Gasteiger partial charge in [-0.25, -0.2) is 14.8 Å². The third-order valence-corrected chi connectivity index (χ3v) is 0.934. The number of ether oxygens (including phenoxy) is 1. The summed E-state index contributed by atoms with van der Waals surface area (Å²) in [5.74, 6) is -0.425. The van der Waals surface area contributed by atoms with E-state index in [1.54, 1.807) is 6.07 Å². The van der Waals surface area contributed by atoms with Gasteiger partial charge in [-0.3, -0.25) is 0 Å². The van der Waals surface area contributed by atoms with Crippen molar-refractivity contribution in [3.8, 4) is 0 Å². The second kappa shape index (κ2) is 4.62. The van der Waals surface area contributed by atoms with Gasteiger partial charge in [-0.2, -0.15) is 0 Å². The Kier molecular flexibility index (Phi) is 4.14. The maximum Gasteiger partial charge on any atom is 0.376 e. The molecular weight excluding hydrogens is 168 g/mol. The molecule has 0 aliphatic heterocycles. The number of rotatable bonds is 1. The Hall–Kier alpha value is -1.16. The van der Waals surface area contributed by atoms with Crippen LogP contribution in [0, 0.1) is 0 Å². The van der Waals surface area contributed by atoms with E-state index in [2.05, 4.69) is 14.7 Å². The zero-order valence-electron chi connectivity index (χ0n) is 5.85. The van der Waals surface area contributed by atoms with Crippen LogP contribution in [0.5, 0.6) is 0 Å². The van der Waals surface area contributed by atoms with Crippen molar-refractivity contribution in [1.82, 2.24) is 9.97 Å². The molecule has 0 aliphatic rings. The fourth-order valence-corrected chi connectivity index (χ4v) is 0.496. The van der Waals surface area contributed by atoms with E-state index in [0.717, 1.165) is 0 Å². The highest BCUT2D eigenvalue weighted by atomic mass is 35.5. The molecule has 60 valence electrons. The van der Waals surface area contributed by atoms with Gasteiger partial charge in [-0.15, -0.1) is 12.4 Å². The highest BCUT2D eigenvalue weighted by Gasteiger charge is 2.05.